The van der Waals surface area contributed by atoms with Crippen molar-refractivity contribution in [1.82, 2.24) is 10.2 Å². The van der Waals surface area contributed by atoms with Gasteiger partial charge in [0.25, 0.3) is 5.91 Å². The van der Waals surface area contributed by atoms with Crippen LogP contribution in [0.1, 0.15) is 15.2 Å². The van der Waals surface area contributed by atoms with E-state index in [0.29, 0.717) is 0 Å². The minimum Gasteiger partial charge on any atom is -0.321 e. The number of hydrogen-bond donors (Lipinski definition) is 2. The predicted octanol–water partition coefficient (Wildman–Crippen LogP) is 6.07. The fourth-order valence-electron chi connectivity index (χ4n) is 3.23. The molecular weight excluding hydrogens is 374 g/mol. The van der Waals surface area contributed by atoms with Gasteiger partial charge in [-0.25, -0.2) is 0 Å². The Balaban J connectivity index is 1.61. The average molecular weight is 390 g/mol. The van der Waals surface area contributed by atoms with Crippen LogP contribution < -0.4 is 5.32 Å². The number of aromatic amines is 1. The van der Waals surface area contributed by atoms with E-state index in [1.807, 2.05) is 36.6 Å². The second-order valence-electron chi connectivity index (χ2n) is 6.39. The zero-order valence-electron chi connectivity index (χ0n) is 14.4. The molecule has 0 bridgehead atoms. The molecule has 1 amide bonds. The summed E-state index contributed by atoms with van der Waals surface area (Å²) in [5.74, 6) is -0.0763. The van der Waals surface area contributed by atoms with Crippen molar-refractivity contribution in [2.24, 2.45) is 0 Å². The van der Waals surface area contributed by atoms with Gasteiger partial charge in [0.05, 0.1) is 16.6 Å². The number of nitrogens with zero attached hydrogens (tertiary/aromatic N) is 1. The molecule has 3 aromatic heterocycles. The van der Waals surface area contributed by atoms with E-state index in [1.165, 1.54) is 21.4 Å². The van der Waals surface area contributed by atoms with E-state index in [0.717, 1.165) is 37.5 Å². The highest BCUT2D eigenvalue weighted by Gasteiger charge is 2.15. The molecule has 2 N–H and O–H groups in total. The first-order valence-corrected chi connectivity index (χ1v) is 10.2. The van der Waals surface area contributed by atoms with Crippen molar-refractivity contribution in [1.29, 1.82) is 0 Å². The smallest absolute Gasteiger partial charge is 0.265 e. The number of anilines is 1. The Hall–Kier alpha value is -2.96. The molecule has 0 radical (unpaired) electrons. The summed E-state index contributed by atoms with van der Waals surface area (Å²) in [6, 6.07) is 16.5. The van der Waals surface area contributed by atoms with Crippen molar-refractivity contribution in [3.8, 4) is 10.4 Å². The molecule has 5 rings (SSSR count). The highest BCUT2D eigenvalue weighted by molar-refractivity contribution is 7.22. The highest BCUT2D eigenvalue weighted by Crippen LogP contribution is 2.38. The highest BCUT2D eigenvalue weighted by atomic mass is 32.1. The molecule has 0 aliphatic carbocycles. The van der Waals surface area contributed by atoms with Crippen molar-refractivity contribution in [2.75, 3.05) is 5.32 Å². The van der Waals surface area contributed by atoms with Crippen LogP contribution in [0, 0.1) is 6.92 Å². The summed E-state index contributed by atoms with van der Waals surface area (Å²) < 4.78 is 1.24. The number of aryl methyl sites for hydroxylation is 1. The van der Waals surface area contributed by atoms with Gasteiger partial charge in [-0.1, -0.05) is 18.2 Å². The van der Waals surface area contributed by atoms with Crippen LogP contribution in [-0.2, 0) is 0 Å². The van der Waals surface area contributed by atoms with Gasteiger partial charge in [0, 0.05) is 26.2 Å². The zero-order valence-corrected chi connectivity index (χ0v) is 16.1. The number of aromatic nitrogens is 2. The van der Waals surface area contributed by atoms with Crippen molar-refractivity contribution >= 4 is 55.3 Å². The van der Waals surface area contributed by atoms with Gasteiger partial charge in [0.2, 0.25) is 0 Å². The van der Waals surface area contributed by atoms with E-state index in [-0.39, 0.29) is 5.91 Å². The van der Waals surface area contributed by atoms with Gasteiger partial charge >= 0.3 is 0 Å². The molecule has 5 aromatic rings. The number of benzene rings is 2. The lowest BCUT2D eigenvalue weighted by molar-refractivity contribution is 0.103. The third-order valence-corrected chi connectivity index (χ3v) is 6.73. The Morgan fingerprint density at radius 2 is 2.00 bits per heavy atom. The van der Waals surface area contributed by atoms with E-state index in [1.54, 1.807) is 17.5 Å². The van der Waals surface area contributed by atoms with Gasteiger partial charge in [0.15, 0.2) is 0 Å². The molecule has 0 aliphatic heterocycles. The van der Waals surface area contributed by atoms with Gasteiger partial charge in [0.1, 0.15) is 0 Å². The lowest BCUT2D eigenvalue weighted by Crippen LogP contribution is -2.11. The van der Waals surface area contributed by atoms with E-state index in [4.69, 9.17) is 0 Å². The number of H-pyrrole nitrogens is 1. The standard InChI is InChI=1S/C21H15N3OS2/c1-12-6-7-26-20(12)21(25)23-15-8-14-11-22-24-19(14)16(10-15)18-9-13-4-2-3-5-17(13)27-18/h2-11H,1H3,(H,22,24)(H,23,25). The fourth-order valence-corrected chi connectivity index (χ4v) is 5.14. The summed E-state index contributed by atoms with van der Waals surface area (Å²) in [6.45, 7) is 1.95. The van der Waals surface area contributed by atoms with E-state index in [9.17, 15) is 4.79 Å². The molecule has 132 valence electrons. The monoisotopic (exact) mass is 389 g/mol. The third-order valence-electron chi connectivity index (χ3n) is 4.57. The Morgan fingerprint density at radius 3 is 2.81 bits per heavy atom. The molecule has 27 heavy (non-hydrogen) atoms. The van der Waals surface area contributed by atoms with E-state index in [2.05, 4.69) is 39.8 Å². The van der Waals surface area contributed by atoms with E-state index >= 15 is 0 Å². The Labute approximate surface area is 163 Å². The topological polar surface area (TPSA) is 57.8 Å². The maximum absolute atomic E-state index is 12.6. The molecular formula is C21H15N3OS2. The number of nitrogens with one attached hydrogen (secondary N) is 2. The van der Waals surface area contributed by atoms with Crippen LogP contribution in [0.15, 0.2) is 60.1 Å². The van der Waals surface area contributed by atoms with Crippen LogP contribution in [0.3, 0.4) is 0 Å². The Morgan fingerprint density at radius 1 is 1.11 bits per heavy atom. The second-order valence-corrected chi connectivity index (χ2v) is 8.39. The van der Waals surface area contributed by atoms with Crippen molar-refractivity contribution in [2.45, 2.75) is 6.92 Å². The summed E-state index contributed by atoms with van der Waals surface area (Å²) in [4.78, 5) is 14.5. The maximum Gasteiger partial charge on any atom is 0.265 e. The van der Waals surface area contributed by atoms with Crippen LogP contribution in [0.4, 0.5) is 5.69 Å². The van der Waals surface area contributed by atoms with E-state index < -0.39 is 0 Å². The van der Waals surface area contributed by atoms with Gasteiger partial charge in [-0.3, -0.25) is 9.89 Å². The average Bonchev–Trinajstić information content (AvgIpc) is 3.39. The van der Waals surface area contributed by atoms with Gasteiger partial charge < -0.3 is 5.32 Å². The van der Waals surface area contributed by atoms with Crippen LogP contribution in [0.2, 0.25) is 0 Å². The van der Waals surface area contributed by atoms with Crippen molar-refractivity contribution < 1.29 is 4.79 Å². The van der Waals surface area contributed by atoms with Crippen LogP contribution in [0.5, 0.6) is 0 Å². The molecule has 0 aliphatic rings. The molecule has 0 unspecified atom stereocenters. The normalized spacial score (nSPS) is 11.3. The molecule has 0 fully saturated rings. The van der Waals surface area contributed by atoms with Gasteiger partial charge in [-0.05, 0) is 53.6 Å². The maximum atomic E-state index is 12.6. The molecule has 2 aromatic carbocycles. The molecule has 0 saturated carbocycles. The summed E-state index contributed by atoms with van der Waals surface area (Å²) >= 11 is 3.20. The molecule has 3 heterocycles. The molecule has 0 spiro atoms. The zero-order chi connectivity index (χ0) is 18.4. The fraction of sp³-hybridized carbons (Fsp3) is 0.0476. The number of rotatable bonds is 3. The minimum absolute atomic E-state index is 0.0763. The quantitative estimate of drug-likeness (QED) is 0.394. The van der Waals surface area contributed by atoms with Gasteiger partial charge in [-0.2, -0.15) is 5.10 Å². The van der Waals surface area contributed by atoms with Crippen LogP contribution >= 0.6 is 22.7 Å². The summed E-state index contributed by atoms with van der Waals surface area (Å²) in [6.07, 6.45) is 1.79. The SMILES string of the molecule is Cc1ccsc1C(=O)Nc1cc(-c2cc3ccccc3s2)c2[nH]ncc2c1. The summed E-state index contributed by atoms with van der Waals surface area (Å²) in [5, 5.41) is 14.5. The van der Waals surface area contributed by atoms with Crippen molar-refractivity contribution in [3.05, 3.63) is 70.5 Å². The number of hydrogen-bond acceptors (Lipinski definition) is 4. The number of thiophene rings is 2. The van der Waals surface area contributed by atoms with Crippen LogP contribution in [-0.4, -0.2) is 16.1 Å². The third kappa shape index (κ3) is 2.83. The summed E-state index contributed by atoms with van der Waals surface area (Å²) in [7, 11) is 0. The summed E-state index contributed by atoms with van der Waals surface area (Å²) in [5.41, 5.74) is 3.79. The molecule has 0 saturated heterocycles. The molecule has 6 heteroatoms. The first-order valence-electron chi connectivity index (χ1n) is 8.50. The number of fused-ring (bicyclic) bond motifs is 2. The Bertz CT molecular complexity index is 1260. The van der Waals surface area contributed by atoms with Crippen LogP contribution in [0.25, 0.3) is 31.4 Å². The van der Waals surface area contributed by atoms with Gasteiger partial charge in [-0.15, -0.1) is 22.7 Å². The molecule has 0 atom stereocenters. The Kier molecular flexibility index (Phi) is 3.81. The second kappa shape index (κ2) is 6.33. The molecule has 4 nitrogen and oxygen atoms in total. The minimum atomic E-state index is -0.0763. The number of carbonyl (C=O) groups is 1. The number of carbonyl (C=O) groups excluding carboxylic acids is 1. The first kappa shape index (κ1) is 16.2. The number of amides is 1. The predicted molar refractivity (Wildman–Crippen MR) is 114 cm³/mol. The first-order chi connectivity index (χ1) is 13.2. The lowest BCUT2D eigenvalue weighted by Gasteiger charge is -2.08. The lowest BCUT2D eigenvalue weighted by atomic mass is 10.1. The largest absolute Gasteiger partial charge is 0.321 e. The van der Waals surface area contributed by atoms with Crippen molar-refractivity contribution in [3.63, 3.8) is 0 Å².